The summed E-state index contributed by atoms with van der Waals surface area (Å²) in [6.07, 6.45) is 3.74. The summed E-state index contributed by atoms with van der Waals surface area (Å²) in [5.41, 5.74) is 6.44. The second kappa shape index (κ2) is 7.03. The van der Waals surface area contributed by atoms with Gasteiger partial charge in [0, 0.05) is 6.04 Å². The number of nitrogens with two attached hydrogens (primary N) is 1. The second-order valence-corrected chi connectivity index (χ2v) is 4.89. The number of ether oxygens (including phenoxy) is 1. The molecule has 0 aromatic carbocycles. The molecule has 1 aromatic heterocycles. The van der Waals surface area contributed by atoms with E-state index >= 15 is 0 Å². The van der Waals surface area contributed by atoms with E-state index in [1.165, 1.54) is 12.7 Å². The van der Waals surface area contributed by atoms with Crippen LogP contribution in [-0.2, 0) is 0 Å². The summed E-state index contributed by atoms with van der Waals surface area (Å²) in [4.78, 5) is 8.17. The number of nitrogen functional groups attached to an aromatic ring is 1. The first-order chi connectivity index (χ1) is 8.54. The zero-order valence-electron chi connectivity index (χ0n) is 11.7. The van der Waals surface area contributed by atoms with Crippen LogP contribution in [0.3, 0.4) is 0 Å². The van der Waals surface area contributed by atoms with Crippen LogP contribution in [0.4, 0.5) is 11.5 Å². The molecule has 0 fully saturated rings. The lowest BCUT2D eigenvalue weighted by Crippen LogP contribution is -2.18. The molecule has 1 atom stereocenters. The number of aromatic nitrogens is 2. The Bertz CT molecular complexity index is 368. The fourth-order valence-electron chi connectivity index (χ4n) is 1.64. The van der Waals surface area contributed by atoms with Crippen LogP contribution >= 0.6 is 0 Å². The molecule has 1 aromatic rings. The van der Waals surface area contributed by atoms with Crippen molar-refractivity contribution in [2.75, 3.05) is 17.7 Å². The lowest BCUT2D eigenvalue weighted by Gasteiger charge is -2.17. The lowest BCUT2D eigenvalue weighted by atomic mass is 10.0. The van der Waals surface area contributed by atoms with Crippen LogP contribution in [0.15, 0.2) is 6.33 Å². The molecule has 0 saturated heterocycles. The Morgan fingerprint density at radius 1 is 1.28 bits per heavy atom. The molecular formula is C13H24N4O. The average Bonchev–Trinajstić information content (AvgIpc) is 2.32. The first-order valence-corrected chi connectivity index (χ1v) is 6.54. The van der Waals surface area contributed by atoms with Crippen molar-refractivity contribution in [1.82, 2.24) is 9.97 Å². The normalized spacial score (nSPS) is 12.5. The van der Waals surface area contributed by atoms with Gasteiger partial charge in [-0.15, -0.1) is 0 Å². The van der Waals surface area contributed by atoms with Crippen LogP contribution in [0.1, 0.15) is 40.5 Å². The first-order valence-electron chi connectivity index (χ1n) is 6.54. The Morgan fingerprint density at radius 2 is 2.00 bits per heavy atom. The summed E-state index contributed by atoms with van der Waals surface area (Å²) >= 11 is 0. The van der Waals surface area contributed by atoms with Gasteiger partial charge in [0.1, 0.15) is 12.0 Å². The minimum Gasteiger partial charge on any atom is -0.476 e. The highest BCUT2D eigenvalue weighted by Crippen LogP contribution is 2.25. The zero-order chi connectivity index (χ0) is 13.5. The van der Waals surface area contributed by atoms with Crippen LogP contribution in [0.5, 0.6) is 5.88 Å². The molecule has 18 heavy (non-hydrogen) atoms. The minimum atomic E-state index is 0.332. The molecule has 1 unspecified atom stereocenters. The van der Waals surface area contributed by atoms with Crippen molar-refractivity contribution in [3.8, 4) is 5.88 Å². The number of nitrogens with zero attached hydrogens (tertiary/aromatic N) is 2. The number of hydrogen-bond acceptors (Lipinski definition) is 5. The van der Waals surface area contributed by atoms with Crippen LogP contribution in [-0.4, -0.2) is 22.6 Å². The first kappa shape index (κ1) is 14.5. The van der Waals surface area contributed by atoms with Gasteiger partial charge in [-0.1, -0.05) is 13.8 Å². The molecule has 1 rings (SSSR count). The average molecular weight is 252 g/mol. The predicted molar refractivity (Wildman–Crippen MR) is 74.8 cm³/mol. The third kappa shape index (κ3) is 4.39. The maximum atomic E-state index is 5.96. The molecule has 0 radical (unpaired) electrons. The van der Waals surface area contributed by atoms with Gasteiger partial charge >= 0.3 is 0 Å². The Labute approximate surface area is 109 Å². The molecule has 102 valence electrons. The van der Waals surface area contributed by atoms with E-state index in [4.69, 9.17) is 10.5 Å². The number of nitrogens with one attached hydrogen (secondary N) is 1. The van der Waals surface area contributed by atoms with Crippen molar-refractivity contribution in [3.63, 3.8) is 0 Å². The van der Waals surface area contributed by atoms with Crippen LogP contribution in [0.25, 0.3) is 0 Å². The van der Waals surface area contributed by atoms with Gasteiger partial charge in [-0.05, 0) is 32.6 Å². The quantitative estimate of drug-likeness (QED) is 0.780. The van der Waals surface area contributed by atoms with Crippen molar-refractivity contribution in [3.05, 3.63) is 6.33 Å². The van der Waals surface area contributed by atoms with Crippen LogP contribution < -0.4 is 15.8 Å². The van der Waals surface area contributed by atoms with Gasteiger partial charge in [-0.3, -0.25) is 0 Å². The van der Waals surface area contributed by atoms with E-state index in [0.717, 1.165) is 6.42 Å². The second-order valence-electron chi connectivity index (χ2n) is 4.89. The summed E-state index contributed by atoms with van der Waals surface area (Å²) in [6.45, 7) is 9.02. The Morgan fingerprint density at radius 3 is 2.61 bits per heavy atom. The number of rotatable bonds is 7. The van der Waals surface area contributed by atoms with Crippen LogP contribution in [0.2, 0.25) is 0 Å². The Kier molecular flexibility index (Phi) is 5.68. The zero-order valence-corrected chi connectivity index (χ0v) is 11.7. The third-order valence-corrected chi connectivity index (χ3v) is 2.69. The van der Waals surface area contributed by atoms with Gasteiger partial charge in [0.25, 0.3) is 0 Å². The van der Waals surface area contributed by atoms with E-state index < -0.39 is 0 Å². The summed E-state index contributed by atoms with van der Waals surface area (Å²) in [7, 11) is 0. The molecule has 5 nitrogen and oxygen atoms in total. The highest BCUT2D eigenvalue weighted by atomic mass is 16.5. The highest BCUT2D eigenvalue weighted by molar-refractivity contribution is 5.66. The molecule has 3 N–H and O–H groups in total. The van der Waals surface area contributed by atoms with E-state index in [0.29, 0.717) is 36.0 Å². The standard InChI is InChI=1S/C13H24N4O/c1-5-18-13-11(14)12(15-8-16-13)17-10(4)7-6-9(2)3/h8-10H,5-7,14H2,1-4H3,(H,15,16,17). The van der Waals surface area contributed by atoms with E-state index in [1.807, 2.05) is 6.92 Å². The predicted octanol–water partition coefficient (Wildman–Crippen LogP) is 2.69. The van der Waals surface area contributed by atoms with Crippen molar-refractivity contribution < 1.29 is 4.74 Å². The van der Waals surface area contributed by atoms with Gasteiger partial charge in [0.05, 0.1) is 6.61 Å². The van der Waals surface area contributed by atoms with Gasteiger partial charge in [-0.25, -0.2) is 4.98 Å². The molecule has 0 aliphatic carbocycles. The summed E-state index contributed by atoms with van der Waals surface area (Å²) in [6, 6.07) is 0.332. The van der Waals surface area contributed by atoms with Crippen molar-refractivity contribution in [1.29, 1.82) is 0 Å². The van der Waals surface area contributed by atoms with Gasteiger partial charge < -0.3 is 15.8 Å². The van der Waals surface area contributed by atoms with Gasteiger partial charge in [0.15, 0.2) is 5.82 Å². The van der Waals surface area contributed by atoms with Gasteiger partial charge in [0.2, 0.25) is 5.88 Å². The monoisotopic (exact) mass is 252 g/mol. The van der Waals surface area contributed by atoms with E-state index in [2.05, 4.69) is 36.1 Å². The molecule has 0 spiro atoms. The van der Waals surface area contributed by atoms with Crippen molar-refractivity contribution in [2.24, 2.45) is 5.92 Å². The fourth-order valence-corrected chi connectivity index (χ4v) is 1.64. The summed E-state index contributed by atoms with van der Waals surface area (Å²) in [5.74, 6) is 1.81. The summed E-state index contributed by atoms with van der Waals surface area (Å²) < 4.78 is 5.34. The fraction of sp³-hybridized carbons (Fsp3) is 0.692. The molecular weight excluding hydrogens is 228 g/mol. The Hall–Kier alpha value is -1.52. The topological polar surface area (TPSA) is 73.1 Å². The van der Waals surface area contributed by atoms with Gasteiger partial charge in [-0.2, -0.15) is 4.98 Å². The largest absolute Gasteiger partial charge is 0.476 e. The smallest absolute Gasteiger partial charge is 0.242 e. The minimum absolute atomic E-state index is 0.332. The Balaban J connectivity index is 2.63. The lowest BCUT2D eigenvalue weighted by molar-refractivity contribution is 0.328. The van der Waals surface area contributed by atoms with Crippen molar-refractivity contribution >= 4 is 11.5 Å². The molecule has 0 aliphatic heterocycles. The number of anilines is 2. The summed E-state index contributed by atoms with van der Waals surface area (Å²) in [5, 5.41) is 3.31. The molecule has 1 heterocycles. The van der Waals surface area contributed by atoms with Crippen LogP contribution in [0, 0.1) is 5.92 Å². The third-order valence-electron chi connectivity index (χ3n) is 2.69. The number of hydrogen-bond donors (Lipinski definition) is 2. The SMILES string of the molecule is CCOc1ncnc(NC(C)CCC(C)C)c1N. The van der Waals surface area contributed by atoms with Crippen molar-refractivity contribution in [2.45, 2.75) is 46.6 Å². The highest BCUT2D eigenvalue weighted by Gasteiger charge is 2.11. The molecule has 0 amide bonds. The maximum absolute atomic E-state index is 5.96. The molecule has 0 bridgehead atoms. The van der Waals surface area contributed by atoms with E-state index in [1.54, 1.807) is 0 Å². The molecule has 5 heteroatoms. The van der Waals surface area contributed by atoms with E-state index in [-0.39, 0.29) is 0 Å². The molecule has 0 saturated carbocycles. The maximum Gasteiger partial charge on any atom is 0.242 e. The van der Waals surface area contributed by atoms with E-state index in [9.17, 15) is 0 Å². The molecule has 0 aliphatic rings.